The lowest BCUT2D eigenvalue weighted by Gasteiger charge is -2.16. The molecule has 18 heavy (non-hydrogen) atoms. The van der Waals surface area contributed by atoms with Crippen LogP contribution < -0.4 is 10.6 Å². The first-order valence-corrected chi connectivity index (χ1v) is 6.78. The molecule has 2 aliphatic rings. The molecule has 2 fully saturated rings. The quantitative estimate of drug-likeness (QED) is 0.635. The number of rotatable bonds is 6. The fourth-order valence-corrected chi connectivity index (χ4v) is 2.38. The van der Waals surface area contributed by atoms with Crippen LogP contribution in [-0.4, -0.2) is 67.6 Å². The van der Waals surface area contributed by atoms with Crippen molar-refractivity contribution in [3.8, 4) is 0 Å². The molecule has 2 rings (SSSR count). The minimum Gasteiger partial charge on any atom is -0.343 e. The van der Waals surface area contributed by atoms with Gasteiger partial charge < -0.3 is 20.4 Å². The van der Waals surface area contributed by atoms with E-state index in [-0.39, 0.29) is 11.9 Å². The number of urea groups is 1. The summed E-state index contributed by atoms with van der Waals surface area (Å²) in [5, 5.41) is 5.98. The monoisotopic (exact) mass is 254 g/mol. The van der Waals surface area contributed by atoms with E-state index in [9.17, 15) is 9.59 Å². The zero-order valence-corrected chi connectivity index (χ0v) is 10.8. The Morgan fingerprint density at radius 1 is 1.22 bits per heavy atom. The van der Waals surface area contributed by atoms with Crippen LogP contribution in [0.1, 0.15) is 19.3 Å². The maximum Gasteiger partial charge on any atom is 0.317 e. The van der Waals surface area contributed by atoms with E-state index in [1.807, 2.05) is 4.90 Å². The molecule has 0 unspecified atom stereocenters. The first-order chi connectivity index (χ1) is 8.77. The number of hydrogen-bond donors (Lipinski definition) is 2. The molecule has 2 aliphatic heterocycles. The summed E-state index contributed by atoms with van der Waals surface area (Å²) in [5.74, 6) is 0.249. The average molecular weight is 254 g/mol. The molecule has 6 heteroatoms. The van der Waals surface area contributed by atoms with Gasteiger partial charge in [-0.2, -0.15) is 0 Å². The smallest absolute Gasteiger partial charge is 0.317 e. The van der Waals surface area contributed by atoms with Gasteiger partial charge in [0.15, 0.2) is 0 Å². The van der Waals surface area contributed by atoms with Crippen LogP contribution in [0, 0.1) is 0 Å². The third-order valence-corrected chi connectivity index (χ3v) is 3.48. The van der Waals surface area contributed by atoms with Gasteiger partial charge >= 0.3 is 6.03 Å². The first kappa shape index (κ1) is 13.1. The molecular weight excluding hydrogens is 232 g/mol. The predicted octanol–water partition coefficient (Wildman–Crippen LogP) is -0.386. The van der Waals surface area contributed by atoms with Crippen LogP contribution >= 0.6 is 0 Å². The maximum atomic E-state index is 11.7. The topological polar surface area (TPSA) is 64.7 Å². The summed E-state index contributed by atoms with van der Waals surface area (Å²) in [6, 6.07) is 0.0185. The number of hydrogen-bond acceptors (Lipinski definition) is 3. The zero-order chi connectivity index (χ0) is 12.8. The molecule has 0 aromatic rings. The highest BCUT2D eigenvalue weighted by molar-refractivity contribution is 5.76. The van der Waals surface area contributed by atoms with Gasteiger partial charge in [-0.1, -0.05) is 0 Å². The van der Waals surface area contributed by atoms with Gasteiger partial charge in [0.05, 0.1) is 0 Å². The molecule has 0 radical (unpaired) electrons. The predicted molar refractivity (Wildman–Crippen MR) is 68.3 cm³/mol. The van der Waals surface area contributed by atoms with Gasteiger partial charge in [0.1, 0.15) is 0 Å². The second-order valence-electron chi connectivity index (χ2n) is 4.81. The lowest BCUT2D eigenvalue weighted by molar-refractivity contribution is -0.130. The molecule has 6 nitrogen and oxygen atoms in total. The summed E-state index contributed by atoms with van der Waals surface area (Å²) in [5.41, 5.74) is 0. The summed E-state index contributed by atoms with van der Waals surface area (Å²) < 4.78 is 0. The second kappa shape index (κ2) is 6.58. The van der Waals surface area contributed by atoms with Crippen molar-refractivity contribution in [2.24, 2.45) is 0 Å². The Kier molecular flexibility index (Phi) is 4.81. The highest BCUT2D eigenvalue weighted by Gasteiger charge is 2.19. The fourth-order valence-electron chi connectivity index (χ4n) is 2.38. The van der Waals surface area contributed by atoms with Crippen molar-refractivity contribution in [1.29, 1.82) is 0 Å². The summed E-state index contributed by atoms with van der Waals surface area (Å²) in [6.45, 7) is 5.54. The van der Waals surface area contributed by atoms with Gasteiger partial charge in [0.25, 0.3) is 0 Å². The van der Waals surface area contributed by atoms with Gasteiger partial charge in [0, 0.05) is 52.2 Å². The Labute approximate surface area is 108 Å². The number of carbonyl (C=O) groups excluding carboxylic acids is 2. The lowest BCUT2D eigenvalue weighted by Crippen LogP contribution is -2.36. The molecule has 0 aromatic heterocycles. The van der Waals surface area contributed by atoms with Crippen molar-refractivity contribution < 1.29 is 9.59 Å². The van der Waals surface area contributed by atoms with Crippen LogP contribution in [0.4, 0.5) is 4.79 Å². The third-order valence-electron chi connectivity index (χ3n) is 3.48. The highest BCUT2D eigenvalue weighted by atomic mass is 16.2. The van der Waals surface area contributed by atoms with E-state index < -0.39 is 0 Å². The summed E-state index contributed by atoms with van der Waals surface area (Å²) in [6.07, 6.45) is 2.85. The standard InChI is InChI=1S/C12H22N4O2/c17-11(15-7-1-2-8-15)3-4-13-5-9-16-10-6-14-12(16)18/h13H,1-10H2,(H,14,18). The molecule has 3 amide bonds. The molecule has 0 spiro atoms. The molecule has 0 aromatic carbocycles. The van der Waals surface area contributed by atoms with E-state index in [1.165, 1.54) is 0 Å². The Bertz CT molecular complexity index is 302. The third kappa shape index (κ3) is 3.60. The summed E-state index contributed by atoms with van der Waals surface area (Å²) >= 11 is 0. The van der Waals surface area contributed by atoms with E-state index in [0.29, 0.717) is 19.5 Å². The molecule has 0 atom stereocenters. The second-order valence-corrected chi connectivity index (χ2v) is 4.81. The largest absolute Gasteiger partial charge is 0.343 e. The number of nitrogens with one attached hydrogen (secondary N) is 2. The highest BCUT2D eigenvalue weighted by Crippen LogP contribution is 2.08. The molecule has 2 saturated heterocycles. The normalized spacial score (nSPS) is 19.4. The van der Waals surface area contributed by atoms with Crippen LogP contribution in [-0.2, 0) is 4.79 Å². The van der Waals surface area contributed by atoms with E-state index in [0.717, 1.165) is 45.6 Å². The molecule has 0 saturated carbocycles. The zero-order valence-electron chi connectivity index (χ0n) is 10.8. The van der Waals surface area contributed by atoms with Crippen molar-refractivity contribution in [3.63, 3.8) is 0 Å². The number of nitrogens with zero attached hydrogens (tertiary/aromatic N) is 2. The SMILES string of the molecule is O=C(CCNCCN1CCNC1=O)N1CCCC1. The minimum absolute atomic E-state index is 0.0185. The molecule has 2 heterocycles. The van der Waals surface area contributed by atoms with Gasteiger partial charge in [0.2, 0.25) is 5.91 Å². The Hall–Kier alpha value is -1.30. The van der Waals surface area contributed by atoms with Crippen LogP contribution in [0.25, 0.3) is 0 Å². The number of carbonyl (C=O) groups is 2. The van der Waals surface area contributed by atoms with E-state index in [2.05, 4.69) is 10.6 Å². The Morgan fingerprint density at radius 3 is 2.67 bits per heavy atom. The summed E-state index contributed by atoms with van der Waals surface area (Å²) in [7, 11) is 0. The van der Waals surface area contributed by atoms with Gasteiger partial charge in [-0.3, -0.25) is 4.79 Å². The summed E-state index contributed by atoms with van der Waals surface area (Å²) in [4.78, 5) is 26.7. The molecule has 102 valence electrons. The van der Waals surface area contributed by atoms with Crippen LogP contribution in [0.2, 0.25) is 0 Å². The Morgan fingerprint density at radius 2 is 2.00 bits per heavy atom. The lowest BCUT2D eigenvalue weighted by atomic mass is 10.3. The Balaban J connectivity index is 1.50. The van der Waals surface area contributed by atoms with E-state index in [1.54, 1.807) is 4.90 Å². The van der Waals surface area contributed by atoms with Gasteiger partial charge in [-0.15, -0.1) is 0 Å². The molecule has 0 bridgehead atoms. The molecule has 2 N–H and O–H groups in total. The maximum absolute atomic E-state index is 11.7. The van der Waals surface area contributed by atoms with Crippen molar-refractivity contribution in [2.75, 3.05) is 45.8 Å². The van der Waals surface area contributed by atoms with Crippen LogP contribution in [0.3, 0.4) is 0 Å². The number of likely N-dealkylation sites (tertiary alicyclic amines) is 1. The van der Waals surface area contributed by atoms with Crippen LogP contribution in [0.15, 0.2) is 0 Å². The number of amides is 3. The van der Waals surface area contributed by atoms with E-state index >= 15 is 0 Å². The van der Waals surface area contributed by atoms with Crippen LogP contribution in [0.5, 0.6) is 0 Å². The first-order valence-electron chi connectivity index (χ1n) is 6.78. The molecular formula is C12H22N4O2. The minimum atomic E-state index is 0.0185. The van der Waals surface area contributed by atoms with Crippen molar-refractivity contribution in [1.82, 2.24) is 20.4 Å². The van der Waals surface area contributed by atoms with E-state index in [4.69, 9.17) is 0 Å². The fraction of sp³-hybridized carbons (Fsp3) is 0.833. The van der Waals surface area contributed by atoms with Gasteiger partial charge in [-0.05, 0) is 12.8 Å². The van der Waals surface area contributed by atoms with Crippen molar-refractivity contribution >= 4 is 11.9 Å². The molecule has 0 aliphatic carbocycles. The average Bonchev–Trinajstić information content (AvgIpc) is 3.00. The van der Waals surface area contributed by atoms with Crippen molar-refractivity contribution in [2.45, 2.75) is 19.3 Å². The van der Waals surface area contributed by atoms with Crippen molar-refractivity contribution in [3.05, 3.63) is 0 Å². The van der Waals surface area contributed by atoms with Gasteiger partial charge in [-0.25, -0.2) is 4.79 Å².